The Labute approximate surface area is 114 Å². The first kappa shape index (κ1) is 12.9. The minimum absolute atomic E-state index is 0.110. The zero-order valence-corrected chi connectivity index (χ0v) is 12.7. The number of alkyl halides is 1. The Bertz CT molecular complexity index is 348. The molecular weight excluding hydrogens is 308 g/mol. The van der Waals surface area contributed by atoms with Crippen molar-refractivity contribution in [3.05, 3.63) is 20.8 Å². The number of hydrogen-bond acceptors (Lipinski definition) is 2. The van der Waals surface area contributed by atoms with E-state index < -0.39 is 0 Å². The van der Waals surface area contributed by atoms with E-state index in [1.54, 1.807) is 11.3 Å². The number of hydrogen-bond donors (Lipinski definition) is 0. The highest BCUT2D eigenvalue weighted by atomic mass is 79.9. The van der Waals surface area contributed by atoms with Crippen LogP contribution in [0.25, 0.3) is 0 Å². The van der Waals surface area contributed by atoms with Crippen LogP contribution in [0.15, 0.2) is 6.07 Å². The van der Waals surface area contributed by atoms with Crippen LogP contribution in [0.1, 0.15) is 41.0 Å². The van der Waals surface area contributed by atoms with Crippen molar-refractivity contribution in [2.24, 2.45) is 0 Å². The molecule has 2 rings (SSSR count). The molecule has 1 unspecified atom stereocenters. The number of ether oxygens (including phenoxy) is 1. The molecule has 1 fully saturated rings. The van der Waals surface area contributed by atoms with Gasteiger partial charge in [-0.05, 0) is 44.2 Å². The fourth-order valence-corrected chi connectivity index (χ4v) is 4.33. The van der Waals surface area contributed by atoms with Gasteiger partial charge in [0.05, 0.1) is 14.8 Å². The van der Waals surface area contributed by atoms with E-state index in [1.165, 1.54) is 29.7 Å². The van der Waals surface area contributed by atoms with Gasteiger partial charge in [-0.1, -0.05) is 27.5 Å². The van der Waals surface area contributed by atoms with Crippen molar-refractivity contribution >= 4 is 38.9 Å². The molecule has 0 bridgehead atoms. The van der Waals surface area contributed by atoms with Crippen LogP contribution in [0.3, 0.4) is 0 Å². The van der Waals surface area contributed by atoms with Crippen LogP contribution in [0.2, 0.25) is 4.34 Å². The fraction of sp³-hybridized carbons (Fsp3) is 0.667. The van der Waals surface area contributed by atoms with Gasteiger partial charge in [-0.25, -0.2) is 0 Å². The standard InChI is InChI=1S/C12H16BrClOS/c1-8-6-10(16-11(8)14)9(13)7-12(15-2)4-3-5-12/h6,9H,3-5,7H2,1-2H3. The van der Waals surface area contributed by atoms with Crippen molar-refractivity contribution in [3.8, 4) is 0 Å². The smallest absolute Gasteiger partial charge is 0.0960 e. The Hall–Kier alpha value is 0.430. The van der Waals surface area contributed by atoms with Crippen LogP contribution in [-0.2, 0) is 4.74 Å². The van der Waals surface area contributed by atoms with E-state index in [0.29, 0.717) is 4.83 Å². The molecule has 1 aromatic heterocycles. The van der Waals surface area contributed by atoms with Gasteiger partial charge in [-0.3, -0.25) is 0 Å². The topological polar surface area (TPSA) is 9.23 Å². The molecule has 90 valence electrons. The van der Waals surface area contributed by atoms with E-state index in [9.17, 15) is 0 Å². The van der Waals surface area contributed by atoms with Gasteiger partial charge in [0.25, 0.3) is 0 Å². The van der Waals surface area contributed by atoms with E-state index in [4.69, 9.17) is 16.3 Å². The summed E-state index contributed by atoms with van der Waals surface area (Å²) in [6.45, 7) is 2.05. The van der Waals surface area contributed by atoms with Gasteiger partial charge < -0.3 is 4.74 Å². The monoisotopic (exact) mass is 322 g/mol. The molecule has 16 heavy (non-hydrogen) atoms. The average Bonchev–Trinajstić information content (AvgIpc) is 2.53. The predicted octanol–water partition coefficient (Wildman–Crippen LogP) is 5.11. The summed E-state index contributed by atoms with van der Waals surface area (Å²) in [7, 11) is 1.82. The number of rotatable bonds is 4. The number of methoxy groups -OCH3 is 1. The third kappa shape index (κ3) is 2.47. The summed E-state index contributed by atoms with van der Waals surface area (Å²) in [5, 5.41) is 0. The van der Waals surface area contributed by atoms with Crippen molar-refractivity contribution in [2.45, 2.75) is 43.0 Å². The Morgan fingerprint density at radius 2 is 2.31 bits per heavy atom. The molecule has 1 aliphatic carbocycles. The first-order valence-corrected chi connectivity index (χ1v) is 7.62. The van der Waals surface area contributed by atoms with Crippen LogP contribution in [-0.4, -0.2) is 12.7 Å². The molecule has 1 heterocycles. The fourth-order valence-electron chi connectivity index (χ4n) is 2.13. The summed E-state index contributed by atoms with van der Waals surface area (Å²) in [6, 6.07) is 2.18. The summed E-state index contributed by atoms with van der Waals surface area (Å²) < 4.78 is 6.55. The van der Waals surface area contributed by atoms with E-state index in [0.717, 1.165) is 10.8 Å². The molecule has 1 saturated carbocycles. The molecular formula is C12H16BrClOS. The van der Waals surface area contributed by atoms with Crippen LogP contribution in [0.4, 0.5) is 0 Å². The molecule has 0 spiro atoms. The van der Waals surface area contributed by atoms with Crippen molar-refractivity contribution in [3.63, 3.8) is 0 Å². The van der Waals surface area contributed by atoms with Crippen LogP contribution < -0.4 is 0 Å². The third-order valence-electron chi connectivity index (χ3n) is 3.43. The molecule has 0 amide bonds. The van der Waals surface area contributed by atoms with Gasteiger partial charge >= 0.3 is 0 Å². The maximum atomic E-state index is 6.09. The zero-order chi connectivity index (χ0) is 11.8. The highest BCUT2D eigenvalue weighted by Crippen LogP contribution is 2.46. The highest BCUT2D eigenvalue weighted by molar-refractivity contribution is 9.09. The zero-order valence-electron chi connectivity index (χ0n) is 9.56. The second-order valence-electron chi connectivity index (χ2n) is 4.52. The lowest BCUT2D eigenvalue weighted by molar-refractivity contribution is -0.0772. The maximum Gasteiger partial charge on any atom is 0.0960 e. The molecule has 1 aliphatic rings. The van der Waals surface area contributed by atoms with Gasteiger partial charge in [0.1, 0.15) is 0 Å². The van der Waals surface area contributed by atoms with Gasteiger partial charge in [0.2, 0.25) is 0 Å². The lowest BCUT2D eigenvalue weighted by atomic mass is 9.76. The third-order valence-corrected chi connectivity index (χ3v) is 6.22. The molecule has 0 aliphatic heterocycles. The normalized spacial score (nSPS) is 20.5. The molecule has 0 saturated heterocycles. The SMILES string of the molecule is COC1(CC(Br)c2cc(C)c(Cl)s2)CCC1. The van der Waals surface area contributed by atoms with E-state index in [2.05, 4.69) is 28.9 Å². The summed E-state index contributed by atoms with van der Waals surface area (Å²) in [6.07, 6.45) is 4.70. The van der Waals surface area contributed by atoms with Crippen molar-refractivity contribution in [1.29, 1.82) is 0 Å². The quantitative estimate of drug-likeness (QED) is 0.700. The predicted molar refractivity (Wildman–Crippen MR) is 73.9 cm³/mol. The second kappa shape index (κ2) is 4.97. The largest absolute Gasteiger partial charge is 0.378 e. The van der Waals surface area contributed by atoms with Crippen LogP contribution >= 0.6 is 38.9 Å². The Balaban J connectivity index is 2.05. The summed E-state index contributed by atoms with van der Waals surface area (Å²) in [5.74, 6) is 0. The van der Waals surface area contributed by atoms with Crippen LogP contribution in [0.5, 0.6) is 0 Å². The Morgan fingerprint density at radius 3 is 2.69 bits per heavy atom. The maximum absolute atomic E-state index is 6.09. The van der Waals surface area contributed by atoms with Gasteiger partial charge in [-0.2, -0.15) is 0 Å². The average molecular weight is 324 g/mol. The minimum Gasteiger partial charge on any atom is -0.378 e. The molecule has 0 radical (unpaired) electrons. The number of thiophene rings is 1. The van der Waals surface area contributed by atoms with Gasteiger partial charge in [0, 0.05) is 12.0 Å². The lowest BCUT2D eigenvalue weighted by Gasteiger charge is -2.41. The minimum atomic E-state index is 0.110. The van der Waals surface area contributed by atoms with E-state index in [-0.39, 0.29) is 5.60 Å². The first-order chi connectivity index (χ1) is 7.56. The highest BCUT2D eigenvalue weighted by Gasteiger charge is 2.39. The summed E-state index contributed by atoms with van der Waals surface area (Å²) >= 11 is 11.5. The number of aryl methyl sites for hydroxylation is 1. The van der Waals surface area contributed by atoms with Gasteiger partial charge in [0.15, 0.2) is 0 Å². The van der Waals surface area contributed by atoms with Crippen molar-refractivity contribution < 1.29 is 4.74 Å². The van der Waals surface area contributed by atoms with Gasteiger partial charge in [-0.15, -0.1) is 11.3 Å². The molecule has 1 aromatic rings. The Morgan fingerprint density at radius 1 is 1.62 bits per heavy atom. The van der Waals surface area contributed by atoms with Crippen molar-refractivity contribution in [2.75, 3.05) is 7.11 Å². The molecule has 4 heteroatoms. The molecule has 0 aromatic carbocycles. The Kier molecular flexibility index (Phi) is 4.00. The molecule has 1 nitrogen and oxygen atoms in total. The summed E-state index contributed by atoms with van der Waals surface area (Å²) in [4.78, 5) is 1.68. The van der Waals surface area contributed by atoms with E-state index >= 15 is 0 Å². The van der Waals surface area contributed by atoms with E-state index in [1.807, 2.05) is 7.11 Å². The lowest BCUT2D eigenvalue weighted by Crippen LogP contribution is -2.39. The number of halogens is 2. The first-order valence-electron chi connectivity index (χ1n) is 5.51. The van der Waals surface area contributed by atoms with Crippen molar-refractivity contribution in [1.82, 2.24) is 0 Å². The molecule has 1 atom stereocenters. The second-order valence-corrected chi connectivity index (χ2v) is 7.31. The molecule has 0 N–H and O–H groups in total. The van der Waals surface area contributed by atoms with Crippen LogP contribution in [0, 0.1) is 6.92 Å². The summed E-state index contributed by atoms with van der Waals surface area (Å²) in [5.41, 5.74) is 1.28.